The van der Waals surface area contributed by atoms with E-state index < -0.39 is 5.97 Å². The maximum Gasteiger partial charge on any atom is 0.356 e. The van der Waals surface area contributed by atoms with Gasteiger partial charge in [-0.3, -0.25) is 0 Å². The largest absolute Gasteiger partial charge is 0.476 e. The Morgan fingerprint density at radius 3 is 3.15 bits per heavy atom. The fourth-order valence-electron chi connectivity index (χ4n) is 1.80. The predicted octanol–water partition coefficient (Wildman–Crippen LogP) is 1.48. The second-order valence-electron chi connectivity index (χ2n) is 3.50. The van der Waals surface area contributed by atoms with E-state index in [1.807, 2.05) is 4.57 Å². The van der Waals surface area contributed by atoms with Crippen LogP contribution in [0.25, 0.3) is 0 Å². The molecule has 1 unspecified atom stereocenters. The first-order chi connectivity index (χ1) is 6.18. The Bertz CT molecular complexity index is 343. The van der Waals surface area contributed by atoms with Crippen LogP contribution in [0.3, 0.4) is 0 Å². The molecule has 0 spiro atoms. The van der Waals surface area contributed by atoms with Crippen LogP contribution in [-0.2, 0) is 6.42 Å². The Labute approximate surface area is 76.2 Å². The molecule has 4 nitrogen and oxygen atoms in total. The summed E-state index contributed by atoms with van der Waals surface area (Å²) in [7, 11) is 0. The van der Waals surface area contributed by atoms with E-state index in [-0.39, 0.29) is 5.69 Å². The van der Waals surface area contributed by atoms with Gasteiger partial charge in [0, 0.05) is 18.7 Å². The Morgan fingerprint density at radius 2 is 2.54 bits per heavy atom. The van der Waals surface area contributed by atoms with Crippen molar-refractivity contribution in [3.05, 3.63) is 17.7 Å². The van der Waals surface area contributed by atoms with Crippen LogP contribution >= 0.6 is 0 Å². The highest BCUT2D eigenvalue weighted by Gasteiger charge is 2.20. The fourth-order valence-corrected chi connectivity index (χ4v) is 1.80. The molecule has 1 atom stereocenters. The quantitative estimate of drug-likeness (QED) is 0.712. The number of nitrogens with zero attached hydrogens (tertiary/aromatic N) is 2. The number of imidazole rings is 1. The molecule has 4 heteroatoms. The summed E-state index contributed by atoms with van der Waals surface area (Å²) in [6, 6.07) is 0.393. The number of carboxylic acid groups (broad SMARTS) is 1. The van der Waals surface area contributed by atoms with E-state index in [1.54, 1.807) is 6.20 Å². The van der Waals surface area contributed by atoms with Crippen molar-refractivity contribution in [2.45, 2.75) is 32.2 Å². The van der Waals surface area contributed by atoms with Crippen molar-refractivity contribution >= 4 is 5.97 Å². The standard InChI is InChI=1S/C9H12N2O2/c1-6-3-2-4-8-10-7(9(12)13)5-11(6)8/h5-6H,2-4H2,1H3,(H,12,13). The number of hydrogen-bond acceptors (Lipinski definition) is 2. The molecule has 0 aliphatic carbocycles. The number of aromatic carboxylic acids is 1. The van der Waals surface area contributed by atoms with Crippen molar-refractivity contribution in [3.63, 3.8) is 0 Å². The van der Waals surface area contributed by atoms with E-state index in [4.69, 9.17) is 5.11 Å². The molecule has 1 aromatic rings. The topological polar surface area (TPSA) is 55.1 Å². The van der Waals surface area contributed by atoms with Gasteiger partial charge in [-0.1, -0.05) is 0 Å². The molecule has 2 heterocycles. The SMILES string of the molecule is CC1CCCc2nc(C(=O)O)cn21. The van der Waals surface area contributed by atoms with Crippen LogP contribution in [0.15, 0.2) is 6.20 Å². The third-order valence-corrected chi connectivity index (χ3v) is 2.53. The van der Waals surface area contributed by atoms with Crippen molar-refractivity contribution in [2.24, 2.45) is 0 Å². The van der Waals surface area contributed by atoms with Crippen LogP contribution in [0.1, 0.15) is 42.1 Å². The summed E-state index contributed by atoms with van der Waals surface area (Å²) < 4.78 is 1.98. The van der Waals surface area contributed by atoms with Crippen LogP contribution in [0.5, 0.6) is 0 Å². The summed E-state index contributed by atoms with van der Waals surface area (Å²) in [5, 5.41) is 8.74. The number of carbonyl (C=O) groups is 1. The zero-order chi connectivity index (χ0) is 9.42. The summed E-state index contributed by atoms with van der Waals surface area (Å²) in [5.41, 5.74) is 0.170. The lowest BCUT2D eigenvalue weighted by Gasteiger charge is -2.20. The monoisotopic (exact) mass is 180 g/mol. The molecule has 0 amide bonds. The molecular formula is C9H12N2O2. The number of aromatic nitrogens is 2. The molecule has 1 N–H and O–H groups in total. The predicted molar refractivity (Wildman–Crippen MR) is 46.8 cm³/mol. The van der Waals surface area contributed by atoms with Crippen LogP contribution in [0, 0.1) is 0 Å². The Balaban J connectivity index is 2.42. The van der Waals surface area contributed by atoms with Gasteiger partial charge in [0.05, 0.1) is 0 Å². The number of fused-ring (bicyclic) bond motifs is 1. The zero-order valence-electron chi connectivity index (χ0n) is 7.53. The van der Waals surface area contributed by atoms with Crippen molar-refractivity contribution in [1.82, 2.24) is 9.55 Å². The summed E-state index contributed by atoms with van der Waals surface area (Å²) >= 11 is 0. The molecule has 0 aromatic carbocycles. The highest BCUT2D eigenvalue weighted by Crippen LogP contribution is 2.23. The maximum atomic E-state index is 10.6. The molecule has 0 bridgehead atoms. The molecular weight excluding hydrogens is 168 g/mol. The van der Waals surface area contributed by atoms with Crippen molar-refractivity contribution in [3.8, 4) is 0 Å². The van der Waals surface area contributed by atoms with Gasteiger partial charge in [0.15, 0.2) is 5.69 Å². The van der Waals surface area contributed by atoms with Crippen LogP contribution in [-0.4, -0.2) is 20.6 Å². The van der Waals surface area contributed by atoms with Gasteiger partial charge in [0.2, 0.25) is 0 Å². The van der Waals surface area contributed by atoms with Crippen molar-refractivity contribution < 1.29 is 9.90 Å². The van der Waals surface area contributed by atoms with Crippen LogP contribution in [0.2, 0.25) is 0 Å². The van der Waals surface area contributed by atoms with E-state index in [0.29, 0.717) is 6.04 Å². The third kappa shape index (κ3) is 1.32. The van der Waals surface area contributed by atoms with Gasteiger partial charge in [-0.25, -0.2) is 9.78 Å². The van der Waals surface area contributed by atoms with E-state index in [9.17, 15) is 4.79 Å². The van der Waals surface area contributed by atoms with Crippen LogP contribution < -0.4 is 0 Å². The molecule has 1 aromatic heterocycles. The second kappa shape index (κ2) is 2.87. The number of carboxylic acids is 1. The molecule has 0 saturated carbocycles. The van der Waals surface area contributed by atoms with Gasteiger partial charge >= 0.3 is 5.97 Å². The minimum Gasteiger partial charge on any atom is -0.476 e. The first-order valence-electron chi connectivity index (χ1n) is 4.49. The number of rotatable bonds is 1. The average molecular weight is 180 g/mol. The molecule has 13 heavy (non-hydrogen) atoms. The molecule has 1 aliphatic heterocycles. The van der Waals surface area contributed by atoms with Gasteiger partial charge in [-0.15, -0.1) is 0 Å². The second-order valence-corrected chi connectivity index (χ2v) is 3.50. The summed E-state index contributed by atoms with van der Waals surface area (Å²) in [6.45, 7) is 2.09. The van der Waals surface area contributed by atoms with E-state index in [0.717, 1.165) is 25.1 Å². The van der Waals surface area contributed by atoms with Gasteiger partial charge in [0.1, 0.15) is 5.82 Å². The zero-order valence-corrected chi connectivity index (χ0v) is 7.53. The highest BCUT2D eigenvalue weighted by molar-refractivity contribution is 5.85. The Kier molecular flexibility index (Phi) is 1.83. The smallest absolute Gasteiger partial charge is 0.356 e. The lowest BCUT2D eigenvalue weighted by molar-refractivity contribution is 0.0691. The first-order valence-corrected chi connectivity index (χ1v) is 4.49. The fraction of sp³-hybridized carbons (Fsp3) is 0.556. The minimum absolute atomic E-state index is 0.170. The minimum atomic E-state index is -0.936. The lowest BCUT2D eigenvalue weighted by Crippen LogP contribution is -2.14. The van der Waals surface area contributed by atoms with Gasteiger partial charge < -0.3 is 9.67 Å². The lowest BCUT2D eigenvalue weighted by atomic mass is 10.1. The van der Waals surface area contributed by atoms with Crippen molar-refractivity contribution in [1.29, 1.82) is 0 Å². The van der Waals surface area contributed by atoms with Gasteiger partial charge in [0.25, 0.3) is 0 Å². The molecule has 2 rings (SSSR count). The van der Waals surface area contributed by atoms with E-state index >= 15 is 0 Å². The number of aryl methyl sites for hydroxylation is 1. The van der Waals surface area contributed by atoms with E-state index in [2.05, 4.69) is 11.9 Å². The molecule has 0 saturated heterocycles. The normalized spacial score (nSPS) is 21.2. The average Bonchev–Trinajstić information content (AvgIpc) is 2.49. The third-order valence-electron chi connectivity index (χ3n) is 2.53. The van der Waals surface area contributed by atoms with Gasteiger partial charge in [-0.05, 0) is 19.8 Å². The Morgan fingerprint density at radius 1 is 1.77 bits per heavy atom. The highest BCUT2D eigenvalue weighted by atomic mass is 16.4. The number of hydrogen-bond donors (Lipinski definition) is 1. The van der Waals surface area contributed by atoms with E-state index in [1.165, 1.54) is 0 Å². The molecule has 0 radical (unpaired) electrons. The van der Waals surface area contributed by atoms with Gasteiger partial charge in [-0.2, -0.15) is 0 Å². The maximum absolute atomic E-state index is 10.6. The van der Waals surface area contributed by atoms with Crippen LogP contribution in [0.4, 0.5) is 0 Å². The first kappa shape index (κ1) is 8.29. The summed E-state index contributed by atoms with van der Waals surface area (Å²) in [4.78, 5) is 14.7. The molecule has 70 valence electrons. The molecule has 1 aliphatic rings. The summed E-state index contributed by atoms with van der Waals surface area (Å²) in [6.07, 6.45) is 4.76. The Hall–Kier alpha value is -1.32. The summed E-state index contributed by atoms with van der Waals surface area (Å²) in [5.74, 6) is -0.0229. The molecule has 0 fully saturated rings. The van der Waals surface area contributed by atoms with Crippen molar-refractivity contribution in [2.75, 3.05) is 0 Å².